The highest BCUT2D eigenvalue weighted by atomic mass is 14.9. The highest BCUT2D eigenvalue weighted by Crippen LogP contribution is 2.52. The molecule has 3 heteroatoms. The van der Waals surface area contributed by atoms with Gasteiger partial charge in [0.25, 0.3) is 0 Å². The molecule has 0 radical (unpaired) electrons. The lowest BCUT2D eigenvalue weighted by atomic mass is 9.82. The first-order valence-corrected chi connectivity index (χ1v) is 16.8. The first kappa shape index (κ1) is 29.0. The third-order valence-corrected chi connectivity index (χ3v) is 10.0. The molecule has 1 aliphatic carbocycles. The van der Waals surface area contributed by atoms with Crippen molar-refractivity contribution in [2.75, 3.05) is 0 Å². The van der Waals surface area contributed by atoms with Crippen molar-refractivity contribution in [2.24, 2.45) is 0 Å². The maximum Gasteiger partial charge on any atom is 0.160 e. The van der Waals surface area contributed by atoms with E-state index in [2.05, 4.69) is 158 Å². The maximum atomic E-state index is 5.23. The largest absolute Gasteiger partial charge is 0.264 e. The normalized spacial score (nSPS) is 12.9. The van der Waals surface area contributed by atoms with Crippen molar-refractivity contribution >= 4 is 10.8 Å². The van der Waals surface area contributed by atoms with Gasteiger partial charge in [-0.1, -0.05) is 147 Å². The van der Waals surface area contributed by atoms with E-state index >= 15 is 0 Å². The Bertz CT molecular complexity index is 2380. The Balaban J connectivity index is 1.19. The standard InChI is InChI=1S/C46H33N3/c1-46(2)40-24-23-36(27-39(40)44-38-13-7-6-11-33(38)22-25-41(44)46)43-28-42(34-18-14-32(15-19-34)37-12-8-26-47-29-37)48-45(49-43)35-20-16-31(17-21-35)30-9-4-3-5-10-30/h3-29H,1-2H3. The van der Waals surface area contributed by atoms with Crippen molar-refractivity contribution in [3.63, 3.8) is 0 Å². The summed E-state index contributed by atoms with van der Waals surface area (Å²) in [6, 6.07) is 53.9. The molecule has 49 heavy (non-hydrogen) atoms. The molecule has 0 saturated heterocycles. The lowest BCUT2D eigenvalue weighted by molar-refractivity contribution is 0.661. The molecule has 0 saturated carbocycles. The van der Waals surface area contributed by atoms with Gasteiger partial charge in [0.05, 0.1) is 11.4 Å². The molecule has 8 aromatic rings. The third-order valence-electron chi connectivity index (χ3n) is 10.0. The number of nitrogens with zero attached hydrogens (tertiary/aromatic N) is 3. The van der Waals surface area contributed by atoms with Gasteiger partial charge < -0.3 is 0 Å². The molecule has 232 valence electrons. The Morgan fingerprint density at radius 1 is 0.449 bits per heavy atom. The Kier molecular flexibility index (Phi) is 6.80. The summed E-state index contributed by atoms with van der Waals surface area (Å²) in [5.41, 5.74) is 14.7. The number of fused-ring (bicyclic) bond motifs is 5. The highest BCUT2D eigenvalue weighted by molar-refractivity contribution is 6.03. The molecule has 3 nitrogen and oxygen atoms in total. The zero-order chi connectivity index (χ0) is 33.0. The number of hydrogen-bond acceptors (Lipinski definition) is 3. The van der Waals surface area contributed by atoms with Crippen LogP contribution in [0.1, 0.15) is 25.0 Å². The van der Waals surface area contributed by atoms with Gasteiger partial charge >= 0.3 is 0 Å². The fraction of sp³-hybridized carbons (Fsp3) is 0.0652. The van der Waals surface area contributed by atoms with Gasteiger partial charge in [-0.05, 0) is 73.5 Å². The molecule has 0 fully saturated rings. The molecule has 9 rings (SSSR count). The Morgan fingerprint density at radius 3 is 1.80 bits per heavy atom. The van der Waals surface area contributed by atoms with Gasteiger partial charge in [0.2, 0.25) is 0 Å². The molecule has 2 heterocycles. The number of aromatic nitrogens is 3. The van der Waals surface area contributed by atoms with Crippen LogP contribution in [0.3, 0.4) is 0 Å². The van der Waals surface area contributed by atoms with Gasteiger partial charge in [-0.25, -0.2) is 9.97 Å². The van der Waals surface area contributed by atoms with Crippen LogP contribution in [0.4, 0.5) is 0 Å². The lowest BCUT2D eigenvalue weighted by Crippen LogP contribution is -2.14. The van der Waals surface area contributed by atoms with Gasteiger partial charge in [0.1, 0.15) is 0 Å². The monoisotopic (exact) mass is 627 g/mol. The summed E-state index contributed by atoms with van der Waals surface area (Å²) < 4.78 is 0. The van der Waals surface area contributed by atoms with Crippen LogP contribution < -0.4 is 0 Å². The molecule has 1 aliphatic rings. The van der Waals surface area contributed by atoms with E-state index in [9.17, 15) is 0 Å². The van der Waals surface area contributed by atoms with E-state index < -0.39 is 0 Å². The van der Waals surface area contributed by atoms with Crippen LogP contribution in [0.25, 0.3) is 78.1 Å². The van der Waals surface area contributed by atoms with Crippen LogP contribution in [-0.2, 0) is 5.41 Å². The van der Waals surface area contributed by atoms with Crippen LogP contribution in [-0.4, -0.2) is 15.0 Å². The van der Waals surface area contributed by atoms with Gasteiger partial charge in [0.15, 0.2) is 5.82 Å². The van der Waals surface area contributed by atoms with Gasteiger partial charge in [-0.2, -0.15) is 0 Å². The average molecular weight is 628 g/mol. The molecule has 0 bridgehead atoms. The zero-order valence-corrected chi connectivity index (χ0v) is 27.4. The Labute approximate surface area is 286 Å². The first-order valence-electron chi connectivity index (χ1n) is 16.8. The number of benzene rings is 6. The van der Waals surface area contributed by atoms with E-state index in [1.54, 1.807) is 6.20 Å². The Morgan fingerprint density at radius 2 is 1.04 bits per heavy atom. The minimum absolute atomic E-state index is 0.0915. The van der Waals surface area contributed by atoms with E-state index in [0.717, 1.165) is 39.2 Å². The van der Waals surface area contributed by atoms with Crippen molar-refractivity contribution in [3.05, 3.63) is 175 Å². The molecule has 0 N–H and O–H groups in total. The van der Waals surface area contributed by atoms with Crippen molar-refractivity contribution in [2.45, 2.75) is 19.3 Å². The Hall–Kier alpha value is -6.19. The van der Waals surface area contributed by atoms with Crippen LogP contribution >= 0.6 is 0 Å². The molecule has 2 aromatic heterocycles. The number of pyridine rings is 1. The van der Waals surface area contributed by atoms with E-state index in [-0.39, 0.29) is 5.41 Å². The summed E-state index contributed by atoms with van der Waals surface area (Å²) in [6.45, 7) is 4.67. The van der Waals surface area contributed by atoms with Crippen molar-refractivity contribution in [3.8, 4) is 67.3 Å². The first-order chi connectivity index (χ1) is 24.0. The predicted molar refractivity (Wildman–Crippen MR) is 202 cm³/mol. The zero-order valence-electron chi connectivity index (χ0n) is 27.4. The average Bonchev–Trinajstić information content (AvgIpc) is 3.41. The molecule has 0 amide bonds. The second-order valence-electron chi connectivity index (χ2n) is 13.3. The molecule has 0 spiro atoms. The van der Waals surface area contributed by atoms with Crippen LogP contribution in [0.2, 0.25) is 0 Å². The summed E-state index contributed by atoms with van der Waals surface area (Å²) in [5, 5.41) is 2.55. The molecule has 0 atom stereocenters. The van der Waals surface area contributed by atoms with E-state index in [4.69, 9.17) is 9.97 Å². The van der Waals surface area contributed by atoms with Gasteiger partial charge in [0, 0.05) is 34.5 Å². The molecule has 0 unspecified atom stereocenters. The van der Waals surface area contributed by atoms with E-state index in [1.165, 1.54) is 44.2 Å². The van der Waals surface area contributed by atoms with Crippen molar-refractivity contribution in [1.29, 1.82) is 0 Å². The highest BCUT2D eigenvalue weighted by Gasteiger charge is 2.36. The fourth-order valence-electron chi connectivity index (χ4n) is 7.36. The van der Waals surface area contributed by atoms with Crippen LogP contribution in [0.5, 0.6) is 0 Å². The molecular weight excluding hydrogens is 595 g/mol. The summed E-state index contributed by atoms with van der Waals surface area (Å²) >= 11 is 0. The predicted octanol–water partition coefficient (Wildman–Crippen LogP) is 11.7. The quantitative estimate of drug-likeness (QED) is 0.191. The maximum absolute atomic E-state index is 5.23. The SMILES string of the molecule is CC1(C)c2ccc(-c3cc(-c4ccc(-c5cccnc5)cc4)nc(-c4ccc(-c5ccccc5)cc4)n3)cc2-c2c1ccc1ccccc21. The number of hydrogen-bond donors (Lipinski definition) is 0. The van der Waals surface area contributed by atoms with Crippen molar-refractivity contribution < 1.29 is 0 Å². The summed E-state index contributed by atoms with van der Waals surface area (Å²) in [4.78, 5) is 14.7. The topological polar surface area (TPSA) is 38.7 Å². The van der Waals surface area contributed by atoms with Gasteiger partial charge in [-0.15, -0.1) is 0 Å². The molecule has 6 aromatic carbocycles. The van der Waals surface area contributed by atoms with Crippen molar-refractivity contribution in [1.82, 2.24) is 15.0 Å². The fourth-order valence-corrected chi connectivity index (χ4v) is 7.36. The van der Waals surface area contributed by atoms with E-state index in [0.29, 0.717) is 5.82 Å². The molecule has 0 aliphatic heterocycles. The summed E-state index contributed by atoms with van der Waals surface area (Å²) in [5.74, 6) is 0.704. The smallest absolute Gasteiger partial charge is 0.160 e. The van der Waals surface area contributed by atoms with Crippen LogP contribution in [0.15, 0.2) is 164 Å². The summed E-state index contributed by atoms with van der Waals surface area (Å²) in [7, 11) is 0. The second-order valence-corrected chi connectivity index (χ2v) is 13.3. The summed E-state index contributed by atoms with van der Waals surface area (Å²) in [6.07, 6.45) is 3.70. The lowest BCUT2D eigenvalue weighted by Gasteiger charge is -2.21. The van der Waals surface area contributed by atoms with E-state index in [1.807, 2.05) is 18.3 Å². The third kappa shape index (κ3) is 5.03. The van der Waals surface area contributed by atoms with Gasteiger partial charge in [-0.3, -0.25) is 4.98 Å². The second kappa shape index (κ2) is 11.5. The minimum Gasteiger partial charge on any atom is -0.264 e. The van der Waals surface area contributed by atoms with Crippen LogP contribution in [0, 0.1) is 0 Å². The minimum atomic E-state index is -0.0915. The molecular formula is C46H33N3. The number of rotatable bonds is 5.